The number of hydrogen-bond acceptors (Lipinski definition) is 1. The second-order valence-electron chi connectivity index (χ2n) is 4.58. The lowest BCUT2D eigenvalue weighted by molar-refractivity contribution is -0.120. The molecule has 0 aliphatic heterocycles. The van der Waals surface area contributed by atoms with E-state index in [4.69, 9.17) is 0 Å². The lowest BCUT2D eigenvalue weighted by atomic mass is 9.90. The highest BCUT2D eigenvalue weighted by atomic mass is 79.9. The first-order valence-corrected chi connectivity index (χ1v) is 6.45. The standard InChI is InChI=1S/C13H13BrF2O/c1-7-8(2-5-12(7)17)6-9-11(15)4-3-10(14)13(9)16/h3-4,7-8H,2,5-6H2,1H3. The molecule has 0 bridgehead atoms. The number of Topliss-reactive ketones (excluding diaryl/α,β-unsaturated/α-hetero) is 1. The van der Waals surface area contributed by atoms with E-state index in [1.165, 1.54) is 12.1 Å². The van der Waals surface area contributed by atoms with Gasteiger partial charge >= 0.3 is 0 Å². The van der Waals surface area contributed by atoms with Crippen LogP contribution in [-0.4, -0.2) is 5.78 Å². The summed E-state index contributed by atoms with van der Waals surface area (Å²) in [5, 5.41) is 0. The van der Waals surface area contributed by atoms with Crippen molar-refractivity contribution in [1.29, 1.82) is 0 Å². The average molecular weight is 303 g/mol. The quantitative estimate of drug-likeness (QED) is 0.758. The predicted octanol–water partition coefficient (Wildman–Crippen LogP) is 3.89. The molecular formula is C13H13BrF2O. The van der Waals surface area contributed by atoms with Gasteiger partial charge in [-0.15, -0.1) is 0 Å². The van der Waals surface area contributed by atoms with Crippen molar-refractivity contribution in [3.63, 3.8) is 0 Å². The number of rotatable bonds is 2. The zero-order valence-corrected chi connectivity index (χ0v) is 11.1. The molecule has 1 saturated carbocycles. The Hall–Kier alpha value is -0.770. The van der Waals surface area contributed by atoms with Crippen LogP contribution in [0.3, 0.4) is 0 Å². The summed E-state index contributed by atoms with van der Waals surface area (Å²) in [6.45, 7) is 1.84. The molecule has 1 aliphatic carbocycles. The second-order valence-corrected chi connectivity index (χ2v) is 5.43. The summed E-state index contributed by atoms with van der Waals surface area (Å²) in [5.74, 6) is -0.909. The van der Waals surface area contributed by atoms with Gasteiger partial charge in [0.2, 0.25) is 0 Å². The normalized spacial score (nSPS) is 24.4. The van der Waals surface area contributed by atoms with E-state index < -0.39 is 11.6 Å². The van der Waals surface area contributed by atoms with Crippen LogP contribution < -0.4 is 0 Å². The van der Waals surface area contributed by atoms with Crippen molar-refractivity contribution in [3.05, 3.63) is 33.8 Å². The van der Waals surface area contributed by atoms with E-state index in [-0.39, 0.29) is 27.7 Å². The molecule has 0 amide bonds. The molecule has 0 radical (unpaired) electrons. The van der Waals surface area contributed by atoms with E-state index in [1.54, 1.807) is 0 Å². The molecule has 2 unspecified atom stereocenters. The second kappa shape index (κ2) is 4.84. The third kappa shape index (κ3) is 2.41. The first-order valence-electron chi connectivity index (χ1n) is 5.65. The minimum atomic E-state index is -0.545. The third-order valence-electron chi connectivity index (χ3n) is 3.58. The molecule has 1 aliphatic rings. The van der Waals surface area contributed by atoms with Gasteiger partial charge in [-0.3, -0.25) is 4.79 Å². The van der Waals surface area contributed by atoms with Crippen LogP contribution in [0.25, 0.3) is 0 Å². The number of hydrogen-bond donors (Lipinski definition) is 0. The number of halogens is 3. The van der Waals surface area contributed by atoms with E-state index in [1.807, 2.05) is 6.92 Å². The Morgan fingerprint density at radius 1 is 1.41 bits per heavy atom. The van der Waals surface area contributed by atoms with Gasteiger partial charge in [-0.25, -0.2) is 8.78 Å². The maximum Gasteiger partial charge on any atom is 0.143 e. The van der Waals surface area contributed by atoms with E-state index in [0.717, 1.165) is 6.42 Å². The zero-order chi connectivity index (χ0) is 12.6. The van der Waals surface area contributed by atoms with Gasteiger partial charge in [-0.05, 0) is 46.8 Å². The lowest BCUT2D eigenvalue weighted by Crippen LogP contribution is -2.14. The van der Waals surface area contributed by atoms with E-state index in [2.05, 4.69) is 15.9 Å². The summed E-state index contributed by atoms with van der Waals surface area (Å²) < 4.78 is 27.6. The van der Waals surface area contributed by atoms with Crippen LogP contribution >= 0.6 is 15.9 Å². The van der Waals surface area contributed by atoms with Crippen molar-refractivity contribution < 1.29 is 13.6 Å². The molecule has 0 heterocycles. The van der Waals surface area contributed by atoms with Gasteiger partial charge in [0, 0.05) is 17.9 Å². The fraction of sp³-hybridized carbons (Fsp3) is 0.462. The highest BCUT2D eigenvalue weighted by Crippen LogP contribution is 2.33. The molecule has 1 aromatic rings. The molecule has 4 heteroatoms. The minimum Gasteiger partial charge on any atom is -0.299 e. The van der Waals surface area contributed by atoms with Gasteiger partial charge in [0.05, 0.1) is 4.47 Å². The Morgan fingerprint density at radius 3 is 2.71 bits per heavy atom. The van der Waals surface area contributed by atoms with Crippen LogP contribution in [0, 0.1) is 23.5 Å². The minimum absolute atomic E-state index is 0.0563. The first kappa shape index (κ1) is 12.7. The Bertz CT molecular complexity index is 459. The van der Waals surface area contributed by atoms with Crippen LogP contribution in [-0.2, 0) is 11.2 Å². The molecule has 1 aromatic carbocycles. The van der Waals surface area contributed by atoms with Crippen molar-refractivity contribution in [2.75, 3.05) is 0 Å². The molecule has 92 valence electrons. The monoisotopic (exact) mass is 302 g/mol. The summed E-state index contributed by atoms with van der Waals surface area (Å²) in [6, 6.07) is 2.61. The summed E-state index contributed by atoms with van der Waals surface area (Å²) in [5.41, 5.74) is 0.0888. The summed E-state index contributed by atoms with van der Waals surface area (Å²) in [7, 11) is 0. The predicted molar refractivity (Wildman–Crippen MR) is 64.7 cm³/mol. The molecule has 1 nitrogen and oxygen atoms in total. The van der Waals surface area contributed by atoms with Gasteiger partial charge in [-0.2, -0.15) is 0 Å². The Labute approximate surface area is 107 Å². The zero-order valence-electron chi connectivity index (χ0n) is 9.47. The van der Waals surface area contributed by atoms with Crippen LogP contribution in [0.5, 0.6) is 0 Å². The average Bonchev–Trinajstić information content (AvgIpc) is 2.61. The van der Waals surface area contributed by atoms with Crippen LogP contribution in [0.1, 0.15) is 25.3 Å². The topological polar surface area (TPSA) is 17.1 Å². The van der Waals surface area contributed by atoms with Gasteiger partial charge < -0.3 is 0 Å². The largest absolute Gasteiger partial charge is 0.299 e. The van der Waals surface area contributed by atoms with Crippen LogP contribution in [0.2, 0.25) is 0 Å². The van der Waals surface area contributed by atoms with Gasteiger partial charge in [0.25, 0.3) is 0 Å². The third-order valence-corrected chi connectivity index (χ3v) is 4.19. The molecule has 0 aromatic heterocycles. The van der Waals surface area contributed by atoms with Crippen molar-refractivity contribution in [1.82, 2.24) is 0 Å². The Morgan fingerprint density at radius 2 is 2.12 bits per heavy atom. The number of carbonyl (C=O) groups excluding carboxylic acids is 1. The van der Waals surface area contributed by atoms with Crippen molar-refractivity contribution in [2.24, 2.45) is 11.8 Å². The smallest absolute Gasteiger partial charge is 0.143 e. The Balaban J connectivity index is 2.25. The molecule has 0 saturated heterocycles. The molecule has 0 spiro atoms. The van der Waals surface area contributed by atoms with E-state index >= 15 is 0 Å². The summed E-state index contributed by atoms with van der Waals surface area (Å²) in [4.78, 5) is 11.4. The summed E-state index contributed by atoms with van der Waals surface area (Å²) in [6.07, 6.45) is 1.55. The van der Waals surface area contributed by atoms with Crippen molar-refractivity contribution in [2.45, 2.75) is 26.2 Å². The number of benzene rings is 1. The molecule has 1 fully saturated rings. The number of ketones is 1. The van der Waals surface area contributed by atoms with Crippen LogP contribution in [0.4, 0.5) is 8.78 Å². The van der Waals surface area contributed by atoms with Gasteiger partial charge in [0.1, 0.15) is 17.4 Å². The molecule has 0 N–H and O–H groups in total. The van der Waals surface area contributed by atoms with E-state index in [0.29, 0.717) is 12.8 Å². The summed E-state index contributed by atoms with van der Waals surface area (Å²) >= 11 is 3.05. The maximum atomic E-state index is 13.8. The van der Waals surface area contributed by atoms with Crippen molar-refractivity contribution in [3.8, 4) is 0 Å². The SMILES string of the molecule is CC1C(=O)CCC1Cc1c(F)ccc(Br)c1F. The van der Waals surface area contributed by atoms with E-state index in [9.17, 15) is 13.6 Å². The highest BCUT2D eigenvalue weighted by Gasteiger charge is 2.32. The molecule has 2 atom stereocenters. The lowest BCUT2D eigenvalue weighted by Gasteiger charge is -2.15. The van der Waals surface area contributed by atoms with Gasteiger partial charge in [0.15, 0.2) is 0 Å². The fourth-order valence-electron chi connectivity index (χ4n) is 2.37. The maximum absolute atomic E-state index is 13.8. The molecular weight excluding hydrogens is 290 g/mol. The fourth-order valence-corrected chi connectivity index (χ4v) is 2.74. The number of carbonyl (C=O) groups is 1. The van der Waals surface area contributed by atoms with Crippen LogP contribution in [0.15, 0.2) is 16.6 Å². The molecule has 2 rings (SSSR count). The highest BCUT2D eigenvalue weighted by molar-refractivity contribution is 9.10. The van der Waals surface area contributed by atoms with Gasteiger partial charge in [-0.1, -0.05) is 6.92 Å². The first-order chi connectivity index (χ1) is 8.00. The molecule has 17 heavy (non-hydrogen) atoms. The van der Waals surface area contributed by atoms with Crippen molar-refractivity contribution >= 4 is 21.7 Å². The Kier molecular flexibility index (Phi) is 3.61.